The summed E-state index contributed by atoms with van der Waals surface area (Å²) in [7, 11) is 0. The van der Waals surface area contributed by atoms with Crippen molar-refractivity contribution in [1.82, 2.24) is 10.3 Å². The third kappa shape index (κ3) is 4.20. The minimum Gasteiger partial charge on any atom is -0.351 e. The molecule has 1 amide bonds. The smallest absolute Gasteiger partial charge is 0.269 e. The summed E-state index contributed by atoms with van der Waals surface area (Å²) in [5, 5.41) is 3.95. The maximum Gasteiger partial charge on any atom is 0.269 e. The average Bonchev–Trinajstić information content (AvgIpc) is 2.50. The fourth-order valence-corrected chi connectivity index (χ4v) is 2.25. The van der Waals surface area contributed by atoms with Crippen LogP contribution in [0.25, 0.3) is 10.9 Å². The molecule has 0 aliphatic heterocycles. The fraction of sp³-hybridized carbons (Fsp3) is 0.375. The Morgan fingerprint density at radius 1 is 1.05 bits per heavy atom. The first-order chi connectivity index (χ1) is 9.81. The summed E-state index contributed by atoms with van der Waals surface area (Å²) >= 11 is 5.61. The molecular weight excluding hydrogens is 272 g/mol. The van der Waals surface area contributed by atoms with E-state index in [1.54, 1.807) is 6.07 Å². The highest BCUT2D eigenvalue weighted by molar-refractivity contribution is 6.17. The van der Waals surface area contributed by atoms with Gasteiger partial charge in [-0.05, 0) is 25.0 Å². The van der Waals surface area contributed by atoms with Gasteiger partial charge in [0.15, 0.2) is 0 Å². The van der Waals surface area contributed by atoms with Crippen molar-refractivity contribution in [3.8, 4) is 0 Å². The van der Waals surface area contributed by atoms with Crippen LogP contribution in [0, 0.1) is 0 Å². The van der Waals surface area contributed by atoms with Crippen molar-refractivity contribution in [3.63, 3.8) is 0 Å². The number of fused-ring (bicyclic) bond motifs is 1. The molecule has 2 rings (SSSR count). The number of halogens is 1. The summed E-state index contributed by atoms with van der Waals surface area (Å²) < 4.78 is 0. The van der Waals surface area contributed by atoms with Gasteiger partial charge in [0.2, 0.25) is 0 Å². The molecule has 0 bridgehead atoms. The van der Waals surface area contributed by atoms with Crippen LogP contribution in [0.15, 0.2) is 36.4 Å². The van der Waals surface area contributed by atoms with Gasteiger partial charge in [0.25, 0.3) is 5.91 Å². The van der Waals surface area contributed by atoms with Gasteiger partial charge in [-0.2, -0.15) is 0 Å². The summed E-state index contributed by atoms with van der Waals surface area (Å²) in [6.45, 7) is 0.690. The Morgan fingerprint density at radius 2 is 1.85 bits per heavy atom. The first-order valence-corrected chi connectivity index (χ1v) is 7.54. The Morgan fingerprint density at radius 3 is 2.70 bits per heavy atom. The molecule has 1 aromatic carbocycles. The third-order valence-corrected chi connectivity index (χ3v) is 3.44. The van der Waals surface area contributed by atoms with E-state index >= 15 is 0 Å². The van der Waals surface area contributed by atoms with Crippen LogP contribution in [-0.2, 0) is 0 Å². The molecule has 1 aromatic heterocycles. The van der Waals surface area contributed by atoms with Gasteiger partial charge in [-0.1, -0.05) is 37.1 Å². The Bertz CT molecular complexity index is 571. The van der Waals surface area contributed by atoms with Crippen LogP contribution >= 0.6 is 11.6 Å². The quantitative estimate of drug-likeness (QED) is 0.623. The number of hydrogen-bond acceptors (Lipinski definition) is 2. The Hall–Kier alpha value is -1.61. The molecule has 0 unspecified atom stereocenters. The number of unbranched alkanes of at least 4 members (excludes halogenated alkanes) is 3. The van der Waals surface area contributed by atoms with E-state index in [0.29, 0.717) is 18.1 Å². The summed E-state index contributed by atoms with van der Waals surface area (Å²) in [5.74, 6) is 0.612. The largest absolute Gasteiger partial charge is 0.351 e. The van der Waals surface area contributed by atoms with Crippen LogP contribution in [0.4, 0.5) is 0 Å². The van der Waals surface area contributed by atoms with Crippen molar-refractivity contribution in [2.45, 2.75) is 25.7 Å². The standard InChI is InChI=1S/C16H19ClN2O/c17-11-5-1-2-6-12-18-16(20)15-10-9-13-7-3-4-8-14(13)19-15/h3-4,7-10H,1-2,5-6,11-12H2,(H,18,20). The molecule has 4 heteroatoms. The molecule has 1 N–H and O–H groups in total. The Kier molecular flexibility index (Phi) is 5.81. The summed E-state index contributed by atoms with van der Waals surface area (Å²) in [4.78, 5) is 16.4. The number of nitrogens with zero attached hydrogens (tertiary/aromatic N) is 1. The van der Waals surface area contributed by atoms with Crippen molar-refractivity contribution in [3.05, 3.63) is 42.1 Å². The zero-order valence-corrected chi connectivity index (χ0v) is 12.2. The van der Waals surface area contributed by atoms with E-state index in [1.807, 2.05) is 30.3 Å². The number of benzene rings is 1. The zero-order chi connectivity index (χ0) is 14.2. The van der Waals surface area contributed by atoms with Gasteiger partial charge in [-0.25, -0.2) is 4.98 Å². The second kappa shape index (κ2) is 7.85. The highest BCUT2D eigenvalue weighted by atomic mass is 35.5. The third-order valence-electron chi connectivity index (χ3n) is 3.18. The molecule has 1 heterocycles. The molecule has 3 nitrogen and oxygen atoms in total. The highest BCUT2D eigenvalue weighted by Crippen LogP contribution is 2.11. The van der Waals surface area contributed by atoms with Crippen LogP contribution in [0.2, 0.25) is 0 Å². The lowest BCUT2D eigenvalue weighted by Gasteiger charge is -2.05. The van der Waals surface area contributed by atoms with Gasteiger partial charge < -0.3 is 5.32 Å². The predicted molar refractivity (Wildman–Crippen MR) is 83.3 cm³/mol. The van der Waals surface area contributed by atoms with Gasteiger partial charge in [-0.15, -0.1) is 11.6 Å². The number of amides is 1. The number of para-hydroxylation sites is 1. The molecule has 20 heavy (non-hydrogen) atoms. The first-order valence-electron chi connectivity index (χ1n) is 7.01. The molecule has 0 aliphatic rings. The minimum absolute atomic E-state index is 0.104. The number of hydrogen-bond donors (Lipinski definition) is 1. The Balaban J connectivity index is 1.84. The maximum atomic E-state index is 12.0. The van der Waals surface area contributed by atoms with E-state index in [9.17, 15) is 4.79 Å². The number of carbonyl (C=O) groups excluding carboxylic acids is 1. The normalized spacial score (nSPS) is 10.7. The molecule has 0 spiro atoms. The lowest BCUT2D eigenvalue weighted by atomic mass is 10.2. The number of nitrogens with one attached hydrogen (secondary N) is 1. The van der Waals surface area contributed by atoms with Crippen LogP contribution < -0.4 is 5.32 Å². The molecular formula is C16H19ClN2O. The van der Waals surface area contributed by atoms with Crippen LogP contribution in [0.1, 0.15) is 36.2 Å². The van der Waals surface area contributed by atoms with Crippen LogP contribution in [0.5, 0.6) is 0 Å². The number of aromatic nitrogens is 1. The van der Waals surface area contributed by atoms with Crippen molar-refractivity contribution >= 4 is 28.4 Å². The van der Waals surface area contributed by atoms with E-state index in [4.69, 9.17) is 11.6 Å². The summed E-state index contributed by atoms with van der Waals surface area (Å²) in [6.07, 6.45) is 4.24. The summed E-state index contributed by atoms with van der Waals surface area (Å²) in [6, 6.07) is 11.5. The zero-order valence-electron chi connectivity index (χ0n) is 11.4. The molecule has 106 valence electrons. The molecule has 0 aliphatic carbocycles. The minimum atomic E-state index is -0.104. The predicted octanol–water partition coefficient (Wildman–Crippen LogP) is 3.76. The van der Waals surface area contributed by atoms with Crippen molar-refractivity contribution in [2.75, 3.05) is 12.4 Å². The molecule has 2 aromatic rings. The van der Waals surface area contributed by atoms with Gasteiger partial charge in [0, 0.05) is 17.8 Å². The number of rotatable bonds is 7. The average molecular weight is 291 g/mol. The monoisotopic (exact) mass is 290 g/mol. The van der Waals surface area contributed by atoms with Crippen molar-refractivity contribution < 1.29 is 4.79 Å². The molecule has 0 saturated heterocycles. The van der Waals surface area contributed by atoms with Crippen LogP contribution in [0.3, 0.4) is 0 Å². The van der Waals surface area contributed by atoms with Crippen molar-refractivity contribution in [2.24, 2.45) is 0 Å². The lowest BCUT2D eigenvalue weighted by molar-refractivity contribution is 0.0948. The topological polar surface area (TPSA) is 42.0 Å². The van der Waals surface area contributed by atoms with E-state index in [0.717, 1.165) is 36.6 Å². The SMILES string of the molecule is O=C(NCCCCCCCl)c1ccc2ccccc2n1. The Labute approximate surface area is 124 Å². The van der Waals surface area contributed by atoms with Gasteiger partial charge in [0.1, 0.15) is 5.69 Å². The number of carbonyl (C=O) groups is 1. The van der Waals surface area contributed by atoms with E-state index in [1.165, 1.54) is 0 Å². The van der Waals surface area contributed by atoms with E-state index in [-0.39, 0.29) is 5.91 Å². The second-order valence-corrected chi connectivity index (χ2v) is 5.13. The second-order valence-electron chi connectivity index (χ2n) is 4.75. The molecule has 0 atom stereocenters. The first kappa shape index (κ1) is 14.8. The van der Waals surface area contributed by atoms with Gasteiger partial charge in [-0.3, -0.25) is 4.79 Å². The van der Waals surface area contributed by atoms with Gasteiger partial charge >= 0.3 is 0 Å². The fourth-order valence-electron chi connectivity index (χ4n) is 2.06. The summed E-state index contributed by atoms with van der Waals surface area (Å²) in [5.41, 5.74) is 1.33. The van der Waals surface area contributed by atoms with Crippen molar-refractivity contribution in [1.29, 1.82) is 0 Å². The number of pyridine rings is 1. The molecule has 0 radical (unpaired) electrons. The highest BCUT2D eigenvalue weighted by Gasteiger charge is 2.06. The number of alkyl halides is 1. The van der Waals surface area contributed by atoms with Crippen LogP contribution in [-0.4, -0.2) is 23.3 Å². The van der Waals surface area contributed by atoms with E-state index in [2.05, 4.69) is 10.3 Å². The van der Waals surface area contributed by atoms with E-state index < -0.39 is 0 Å². The molecule has 0 fully saturated rings. The van der Waals surface area contributed by atoms with Gasteiger partial charge in [0.05, 0.1) is 5.52 Å². The maximum absolute atomic E-state index is 12.0. The lowest BCUT2D eigenvalue weighted by Crippen LogP contribution is -2.25. The molecule has 0 saturated carbocycles.